The van der Waals surface area contributed by atoms with E-state index in [2.05, 4.69) is 20.6 Å². The number of hydrogen-bond donors (Lipinski definition) is 3. The fraction of sp³-hybridized carbons (Fsp3) is 0.167. The quantitative estimate of drug-likeness (QED) is 0.444. The van der Waals surface area contributed by atoms with Crippen molar-refractivity contribution in [3.05, 3.63) is 47.5 Å². The molecule has 2 aromatic heterocycles. The highest BCUT2D eigenvalue weighted by Crippen LogP contribution is 2.28. The molecule has 1 aromatic carbocycles. The number of thiazole rings is 1. The summed E-state index contributed by atoms with van der Waals surface area (Å²) in [6.45, 7) is 1.79. The Labute approximate surface area is 160 Å². The minimum atomic E-state index is -0.113. The van der Waals surface area contributed by atoms with Crippen LogP contribution >= 0.6 is 11.3 Å². The molecular weight excluding hydrogens is 366 g/mol. The molecule has 0 atom stereocenters. The first-order valence-electron chi connectivity index (χ1n) is 8.08. The minimum absolute atomic E-state index is 0.113. The van der Waals surface area contributed by atoms with E-state index in [-0.39, 0.29) is 11.9 Å². The smallest absolute Gasteiger partial charge is 0.217 e. The number of methoxy groups -OCH3 is 1. The molecule has 0 radical (unpaired) electrons. The number of nitrogens with zero attached hydrogens (tertiary/aromatic N) is 2. The van der Waals surface area contributed by atoms with Crippen molar-refractivity contribution in [1.29, 1.82) is 0 Å². The molecule has 3 rings (SSSR count). The van der Waals surface area contributed by atoms with E-state index in [1.807, 2.05) is 29.6 Å². The summed E-state index contributed by atoms with van der Waals surface area (Å²) in [4.78, 5) is 19.6. The van der Waals surface area contributed by atoms with E-state index in [0.29, 0.717) is 28.9 Å². The molecule has 3 aromatic rings. The predicted molar refractivity (Wildman–Crippen MR) is 105 cm³/mol. The van der Waals surface area contributed by atoms with Gasteiger partial charge in [-0.1, -0.05) is 0 Å². The van der Waals surface area contributed by atoms with Crippen LogP contribution in [0.2, 0.25) is 0 Å². The maximum absolute atomic E-state index is 11.0. The van der Waals surface area contributed by atoms with Gasteiger partial charge in [-0.15, -0.1) is 11.3 Å². The lowest BCUT2D eigenvalue weighted by Crippen LogP contribution is -2.21. The van der Waals surface area contributed by atoms with Crippen LogP contribution in [0.1, 0.15) is 12.7 Å². The maximum atomic E-state index is 11.0. The second-order valence-corrected chi connectivity index (χ2v) is 6.38. The number of anilines is 1. The third-order valence-electron chi connectivity index (χ3n) is 3.50. The Hall–Kier alpha value is -3.33. The summed E-state index contributed by atoms with van der Waals surface area (Å²) in [5.41, 5.74) is 7.39. The fourth-order valence-corrected chi connectivity index (χ4v) is 2.89. The lowest BCUT2D eigenvalue weighted by molar-refractivity contribution is -0.119. The number of aromatic nitrogens is 1. The molecule has 0 aliphatic heterocycles. The molecule has 2 heterocycles. The van der Waals surface area contributed by atoms with E-state index >= 15 is 0 Å². The second-order valence-electron chi connectivity index (χ2n) is 5.54. The number of nitrogens with two attached hydrogens (primary N) is 1. The summed E-state index contributed by atoms with van der Waals surface area (Å²) in [5, 5.41) is 8.02. The van der Waals surface area contributed by atoms with E-state index in [1.165, 1.54) is 18.3 Å². The highest BCUT2D eigenvalue weighted by molar-refractivity contribution is 7.13. The van der Waals surface area contributed by atoms with Crippen LogP contribution in [0.15, 0.2) is 51.2 Å². The monoisotopic (exact) mass is 385 g/mol. The number of carbonyl (C=O) groups is 1. The zero-order chi connectivity index (χ0) is 19.2. The molecule has 1 amide bonds. The number of nitrogens with one attached hydrogen (secondary N) is 2. The first kappa shape index (κ1) is 18.5. The second kappa shape index (κ2) is 8.37. The highest BCUT2D eigenvalue weighted by Gasteiger charge is 2.10. The largest absolute Gasteiger partial charge is 0.497 e. The zero-order valence-electron chi connectivity index (χ0n) is 14.9. The van der Waals surface area contributed by atoms with Gasteiger partial charge in [0.25, 0.3) is 0 Å². The zero-order valence-corrected chi connectivity index (χ0v) is 15.7. The Balaban J connectivity index is 1.65. The van der Waals surface area contributed by atoms with Gasteiger partial charge in [0.05, 0.1) is 13.7 Å². The molecule has 0 spiro atoms. The van der Waals surface area contributed by atoms with E-state index in [4.69, 9.17) is 14.9 Å². The first-order chi connectivity index (χ1) is 13.0. The van der Waals surface area contributed by atoms with Crippen LogP contribution in [0.25, 0.3) is 11.5 Å². The topological polar surface area (TPSA) is 115 Å². The molecule has 0 aliphatic carbocycles. The minimum Gasteiger partial charge on any atom is -0.497 e. The Morgan fingerprint density at radius 3 is 2.78 bits per heavy atom. The first-order valence-corrected chi connectivity index (χ1v) is 8.96. The number of hydrogen-bond acceptors (Lipinski definition) is 6. The summed E-state index contributed by atoms with van der Waals surface area (Å²) < 4.78 is 10.8. The molecule has 8 nitrogen and oxygen atoms in total. The van der Waals surface area contributed by atoms with Crippen molar-refractivity contribution in [3.8, 4) is 17.2 Å². The van der Waals surface area contributed by atoms with Gasteiger partial charge in [0.1, 0.15) is 17.2 Å². The summed E-state index contributed by atoms with van der Waals surface area (Å²) >= 11 is 1.35. The summed E-state index contributed by atoms with van der Waals surface area (Å²) in [7, 11) is 1.61. The number of ether oxygens (including phenoxy) is 1. The van der Waals surface area contributed by atoms with E-state index in [1.54, 1.807) is 19.2 Å². The van der Waals surface area contributed by atoms with E-state index < -0.39 is 0 Å². The third kappa shape index (κ3) is 5.08. The summed E-state index contributed by atoms with van der Waals surface area (Å²) in [6.07, 6.45) is 0. The number of rotatable bonds is 6. The molecule has 0 saturated carbocycles. The van der Waals surface area contributed by atoms with E-state index in [9.17, 15) is 4.79 Å². The highest BCUT2D eigenvalue weighted by atomic mass is 32.1. The van der Waals surface area contributed by atoms with Gasteiger partial charge in [0.15, 0.2) is 5.76 Å². The van der Waals surface area contributed by atoms with Crippen LogP contribution in [0.3, 0.4) is 0 Å². The van der Waals surface area contributed by atoms with Gasteiger partial charge in [-0.2, -0.15) is 4.99 Å². The van der Waals surface area contributed by atoms with Gasteiger partial charge < -0.3 is 25.5 Å². The number of carbonyl (C=O) groups excluding carboxylic acids is 1. The van der Waals surface area contributed by atoms with Crippen molar-refractivity contribution in [3.63, 3.8) is 0 Å². The molecule has 0 saturated heterocycles. The Morgan fingerprint density at radius 2 is 2.07 bits per heavy atom. The van der Waals surface area contributed by atoms with Crippen LogP contribution < -0.4 is 21.1 Å². The average molecular weight is 385 g/mol. The predicted octanol–water partition coefficient (Wildman–Crippen LogP) is 3.11. The number of amides is 1. The number of guanidine groups is 1. The molecule has 27 heavy (non-hydrogen) atoms. The fourth-order valence-electron chi connectivity index (χ4n) is 2.20. The maximum Gasteiger partial charge on any atom is 0.217 e. The Kier molecular flexibility index (Phi) is 5.72. The van der Waals surface area contributed by atoms with Crippen molar-refractivity contribution in [2.45, 2.75) is 13.5 Å². The van der Waals surface area contributed by atoms with Gasteiger partial charge in [0, 0.05) is 18.0 Å². The van der Waals surface area contributed by atoms with Crippen molar-refractivity contribution in [1.82, 2.24) is 10.3 Å². The lowest BCUT2D eigenvalue weighted by Gasteiger charge is -2.05. The molecule has 0 unspecified atom stereocenters. The number of furan rings is 1. The van der Waals surface area contributed by atoms with Gasteiger partial charge >= 0.3 is 0 Å². The number of benzene rings is 1. The standard InChI is InChI=1S/C18H19N5O3S/c1-11(24)20-9-14-7-8-16(26-14)15-10-27-18(22-15)23-17(19)21-12-3-5-13(25-2)6-4-12/h3-8,10H,9H2,1-2H3,(H,20,24)(H3,19,21,22,23). The van der Waals surface area contributed by atoms with Gasteiger partial charge in [0.2, 0.25) is 17.0 Å². The van der Waals surface area contributed by atoms with Crippen LogP contribution in [-0.4, -0.2) is 24.0 Å². The summed E-state index contributed by atoms with van der Waals surface area (Å²) in [6, 6.07) is 10.9. The molecule has 0 aliphatic rings. The SMILES string of the molecule is COc1ccc(N/C(N)=N/c2nc(-c3ccc(CNC(C)=O)o3)cs2)cc1. The van der Waals surface area contributed by atoms with Crippen molar-refractivity contribution >= 4 is 34.0 Å². The molecule has 4 N–H and O–H groups in total. The molecular formula is C18H19N5O3S. The van der Waals surface area contributed by atoms with Crippen LogP contribution in [0.5, 0.6) is 5.75 Å². The van der Waals surface area contributed by atoms with Crippen molar-refractivity contribution in [2.24, 2.45) is 10.7 Å². The van der Waals surface area contributed by atoms with Crippen molar-refractivity contribution < 1.29 is 13.9 Å². The number of aliphatic imine (C=N–C) groups is 1. The van der Waals surface area contributed by atoms with E-state index in [0.717, 1.165) is 11.4 Å². The third-order valence-corrected chi connectivity index (χ3v) is 4.23. The van der Waals surface area contributed by atoms with Crippen LogP contribution in [0.4, 0.5) is 10.8 Å². The molecule has 0 fully saturated rings. The molecule has 0 bridgehead atoms. The van der Waals surface area contributed by atoms with Gasteiger partial charge in [-0.05, 0) is 36.4 Å². The lowest BCUT2D eigenvalue weighted by atomic mass is 10.3. The Morgan fingerprint density at radius 1 is 1.30 bits per heavy atom. The van der Waals surface area contributed by atoms with Gasteiger partial charge in [-0.3, -0.25) is 4.79 Å². The van der Waals surface area contributed by atoms with Crippen LogP contribution in [-0.2, 0) is 11.3 Å². The van der Waals surface area contributed by atoms with Crippen molar-refractivity contribution in [2.75, 3.05) is 12.4 Å². The van der Waals surface area contributed by atoms with Gasteiger partial charge in [-0.25, -0.2) is 4.98 Å². The molecule has 9 heteroatoms. The Bertz CT molecular complexity index is 946. The average Bonchev–Trinajstić information content (AvgIpc) is 3.29. The summed E-state index contributed by atoms with van der Waals surface area (Å²) in [5.74, 6) is 2.13. The molecule has 140 valence electrons. The normalized spacial score (nSPS) is 11.3. The van der Waals surface area contributed by atoms with Crippen LogP contribution in [0, 0.1) is 0 Å².